The van der Waals surface area contributed by atoms with Gasteiger partial charge in [-0.1, -0.05) is 36.3 Å². The minimum absolute atomic E-state index is 0.0772. The van der Waals surface area contributed by atoms with Crippen molar-refractivity contribution in [3.05, 3.63) is 85.5 Å². The average Bonchev–Trinajstić information content (AvgIpc) is 3.34. The Balaban J connectivity index is 1.69. The molecule has 0 N–H and O–H groups in total. The number of halogens is 2. The fourth-order valence-electron chi connectivity index (χ4n) is 3.70. The van der Waals surface area contributed by atoms with Gasteiger partial charge in [0.05, 0.1) is 28.7 Å². The number of ether oxygens (including phenoxy) is 2. The number of aromatic nitrogens is 2. The van der Waals surface area contributed by atoms with Gasteiger partial charge in [0.15, 0.2) is 17.3 Å². The molecule has 0 unspecified atom stereocenters. The Morgan fingerprint density at radius 2 is 1.92 bits per heavy atom. The SMILES string of the molecule is C#CCOc1c(OC)cc(C=Nn2c(-c3cc4ccccc4o3)nc3ccccc3c2=O)c(Br)c1Br. The fraction of sp³-hybridized carbons (Fsp3) is 0.0741. The van der Waals surface area contributed by atoms with Crippen LogP contribution in [0.3, 0.4) is 0 Å². The molecule has 0 aliphatic carbocycles. The molecule has 2 aromatic heterocycles. The third kappa shape index (κ3) is 4.30. The monoisotopic (exact) mass is 605 g/mol. The number of methoxy groups -OCH3 is 1. The highest BCUT2D eigenvalue weighted by Crippen LogP contribution is 2.42. The zero-order chi connectivity index (χ0) is 25.2. The maximum Gasteiger partial charge on any atom is 0.282 e. The highest BCUT2D eigenvalue weighted by Gasteiger charge is 2.18. The van der Waals surface area contributed by atoms with Crippen LogP contribution in [-0.2, 0) is 0 Å². The smallest absolute Gasteiger partial charge is 0.282 e. The van der Waals surface area contributed by atoms with Gasteiger partial charge in [-0.15, -0.1) is 6.42 Å². The first-order chi connectivity index (χ1) is 17.5. The van der Waals surface area contributed by atoms with Crippen LogP contribution in [0, 0.1) is 12.3 Å². The first kappa shape index (κ1) is 23.9. The average molecular weight is 607 g/mol. The Hall–Kier alpha value is -3.87. The van der Waals surface area contributed by atoms with Gasteiger partial charge >= 0.3 is 0 Å². The molecule has 3 aromatic carbocycles. The van der Waals surface area contributed by atoms with Crippen LogP contribution in [0.4, 0.5) is 0 Å². The van der Waals surface area contributed by atoms with E-state index >= 15 is 0 Å². The molecule has 0 amide bonds. The zero-order valence-corrected chi connectivity index (χ0v) is 22.0. The summed E-state index contributed by atoms with van der Waals surface area (Å²) in [4.78, 5) is 18.2. The van der Waals surface area contributed by atoms with Crippen molar-refractivity contribution in [1.82, 2.24) is 9.66 Å². The topological polar surface area (TPSA) is 78.8 Å². The summed E-state index contributed by atoms with van der Waals surface area (Å²) in [6.07, 6.45) is 6.86. The van der Waals surface area contributed by atoms with Crippen LogP contribution in [0.15, 0.2) is 83.9 Å². The van der Waals surface area contributed by atoms with Gasteiger partial charge in [-0.3, -0.25) is 4.79 Å². The van der Waals surface area contributed by atoms with Crippen molar-refractivity contribution in [2.24, 2.45) is 5.10 Å². The molecule has 0 fully saturated rings. The minimum Gasteiger partial charge on any atom is -0.493 e. The van der Waals surface area contributed by atoms with E-state index in [2.05, 4.69) is 42.9 Å². The van der Waals surface area contributed by atoms with Gasteiger partial charge in [0, 0.05) is 15.4 Å². The second-order valence-corrected chi connectivity index (χ2v) is 9.17. The van der Waals surface area contributed by atoms with Crippen molar-refractivity contribution < 1.29 is 13.9 Å². The van der Waals surface area contributed by atoms with E-state index in [1.54, 1.807) is 24.3 Å². The van der Waals surface area contributed by atoms with Crippen molar-refractivity contribution in [2.45, 2.75) is 0 Å². The third-order valence-electron chi connectivity index (χ3n) is 5.39. The summed E-state index contributed by atoms with van der Waals surface area (Å²) >= 11 is 7.08. The van der Waals surface area contributed by atoms with Crippen LogP contribution in [0.5, 0.6) is 11.5 Å². The van der Waals surface area contributed by atoms with Crippen molar-refractivity contribution >= 4 is 59.9 Å². The Bertz CT molecular complexity index is 1720. The van der Waals surface area contributed by atoms with Crippen molar-refractivity contribution in [3.8, 4) is 35.4 Å². The summed E-state index contributed by atoms with van der Waals surface area (Å²) in [5.41, 5.74) is 1.53. The molecule has 0 spiro atoms. The summed E-state index contributed by atoms with van der Waals surface area (Å²) in [6, 6.07) is 18.3. The molecule has 5 rings (SSSR count). The first-order valence-corrected chi connectivity index (χ1v) is 12.3. The molecule has 0 aliphatic rings. The predicted octanol–water partition coefficient (Wildman–Crippen LogP) is 6.24. The minimum atomic E-state index is -0.330. The molecule has 0 radical (unpaired) electrons. The Morgan fingerprint density at radius 1 is 1.14 bits per heavy atom. The van der Waals surface area contributed by atoms with Crippen LogP contribution >= 0.6 is 31.9 Å². The van der Waals surface area contributed by atoms with Crippen LogP contribution in [0.1, 0.15) is 5.56 Å². The number of benzene rings is 3. The van der Waals surface area contributed by atoms with E-state index in [9.17, 15) is 4.79 Å². The highest BCUT2D eigenvalue weighted by atomic mass is 79.9. The van der Waals surface area contributed by atoms with E-state index in [0.717, 1.165) is 5.39 Å². The zero-order valence-electron chi connectivity index (χ0n) is 18.9. The second-order valence-electron chi connectivity index (χ2n) is 7.58. The largest absolute Gasteiger partial charge is 0.493 e. The Morgan fingerprint density at radius 3 is 2.69 bits per heavy atom. The Labute approximate surface area is 222 Å². The number of para-hydroxylation sites is 2. The lowest BCUT2D eigenvalue weighted by Gasteiger charge is -2.14. The van der Waals surface area contributed by atoms with Crippen LogP contribution < -0.4 is 15.0 Å². The van der Waals surface area contributed by atoms with Gasteiger partial charge in [-0.05, 0) is 62.2 Å². The number of furan rings is 1. The number of hydrogen-bond acceptors (Lipinski definition) is 6. The van der Waals surface area contributed by atoms with Gasteiger partial charge in [0.2, 0.25) is 5.82 Å². The summed E-state index contributed by atoms with van der Waals surface area (Å²) in [6.45, 7) is 0.0772. The van der Waals surface area contributed by atoms with E-state index in [1.165, 1.54) is 18.0 Å². The molecular weight excluding hydrogens is 590 g/mol. The summed E-state index contributed by atoms with van der Waals surface area (Å²) in [5, 5.41) is 5.85. The molecule has 36 heavy (non-hydrogen) atoms. The number of nitrogens with zero attached hydrogens (tertiary/aromatic N) is 3. The second kappa shape index (κ2) is 10.0. The Kier molecular flexibility index (Phi) is 6.63. The molecule has 0 saturated heterocycles. The number of fused-ring (bicyclic) bond motifs is 2. The lowest BCUT2D eigenvalue weighted by atomic mass is 10.2. The van der Waals surface area contributed by atoms with Gasteiger partial charge in [0.25, 0.3) is 5.56 Å². The van der Waals surface area contributed by atoms with Gasteiger partial charge < -0.3 is 13.9 Å². The molecule has 7 nitrogen and oxygen atoms in total. The van der Waals surface area contributed by atoms with Crippen molar-refractivity contribution in [2.75, 3.05) is 13.7 Å². The van der Waals surface area contributed by atoms with E-state index in [0.29, 0.717) is 48.3 Å². The molecular formula is C27H17Br2N3O4. The molecule has 0 aliphatic heterocycles. The first-order valence-electron chi connectivity index (χ1n) is 10.7. The maximum atomic E-state index is 13.5. The summed E-state index contributed by atoms with van der Waals surface area (Å²) in [5.74, 6) is 4.03. The normalized spacial score (nSPS) is 11.3. The molecule has 5 aromatic rings. The molecule has 2 heterocycles. The van der Waals surface area contributed by atoms with Gasteiger partial charge in [0.1, 0.15) is 12.2 Å². The van der Waals surface area contributed by atoms with E-state index in [4.69, 9.17) is 25.3 Å². The molecule has 178 valence electrons. The van der Waals surface area contributed by atoms with Gasteiger partial charge in [-0.2, -0.15) is 9.78 Å². The van der Waals surface area contributed by atoms with E-state index < -0.39 is 0 Å². The van der Waals surface area contributed by atoms with Crippen LogP contribution in [0.25, 0.3) is 33.5 Å². The van der Waals surface area contributed by atoms with Gasteiger partial charge in [-0.25, -0.2) is 4.98 Å². The van der Waals surface area contributed by atoms with E-state index in [1.807, 2.05) is 36.4 Å². The van der Waals surface area contributed by atoms with Crippen molar-refractivity contribution in [1.29, 1.82) is 0 Å². The molecule has 0 saturated carbocycles. The standard InChI is InChI=1S/C27H17Br2N3O4/c1-3-12-35-25-21(34-2)14-17(23(28)24(25)29)15-30-32-26(22-13-16-8-4-7-11-20(16)36-22)31-19-10-6-5-9-18(19)27(32)33/h1,4-11,13-15H,12H2,2H3. The van der Waals surface area contributed by atoms with Crippen LogP contribution in [0.2, 0.25) is 0 Å². The quantitative estimate of drug-likeness (QED) is 0.169. The van der Waals surface area contributed by atoms with Crippen LogP contribution in [-0.4, -0.2) is 29.6 Å². The predicted molar refractivity (Wildman–Crippen MR) is 147 cm³/mol. The number of hydrogen-bond donors (Lipinski definition) is 0. The maximum absolute atomic E-state index is 13.5. The van der Waals surface area contributed by atoms with Crippen molar-refractivity contribution in [3.63, 3.8) is 0 Å². The fourth-order valence-corrected chi connectivity index (χ4v) is 4.64. The third-order valence-corrected chi connectivity index (χ3v) is 7.53. The molecule has 0 bridgehead atoms. The lowest BCUT2D eigenvalue weighted by Crippen LogP contribution is -2.20. The number of terminal acetylenes is 1. The lowest BCUT2D eigenvalue weighted by molar-refractivity contribution is 0.328. The molecule has 0 atom stereocenters. The highest BCUT2D eigenvalue weighted by molar-refractivity contribution is 9.13. The summed E-state index contributed by atoms with van der Waals surface area (Å²) < 4.78 is 19.6. The van der Waals surface area contributed by atoms with E-state index in [-0.39, 0.29) is 18.0 Å². The molecule has 9 heteroatoms. The summed E-state index contributed by atoms with van der Waals surface area (Å²) in [7, 11) is 1.52. The number of rotatable bonds is 6.